The lowest BCUT2D eigenvalue weighted by Gasteiger charge is -2.01. The zero-order valence-electron chi connectivity index (χ0n) is 7.22. The Hall–Kier alpha value is -1.44. The summed E-state index contributed by atoms with van der Waals surface area (Å²) >= 11 is 4.82. The predicted octanol–water partition coefficient (Wildman–Crippen LogP) is 2.12. The zero-order valence-corrected chi connectivity index (χ0v) is 8.04. The zero-order chi connectivity index (χ0) is 11.1. The molecule has 2 aromatic heterocycles. The van der Waals surface area contributed by atoms with Gasteiger partial charge in [-0.15, -0.1) is 0 Å². The first-order valence-electron chi connectivity index (χ1n) is 3.95. The van der Waals surface area contributed by atoms with Crippen molar-refractivity contribution in [2.75, 3.05) is 0 Å². The number of nitrogens with zero attached hydrogens (tertiary/aromatic N) is 2. The standard InChI is InChI=1S/C7H5F3N4S/c8-7(9,10)1-3-13-4-5(14-3)11-2-12-6(4)15/h2H,1H2,(H2,11,12,13,14,15). The summed E-state index contributed by atoms with van der Waals surface area (Å²) in [4.78, 5) is 12.5. The van der Waals surface area contributed by atoms with E-state index in [1.165, 1.54) is 6.33 Å². The van der Waals surface area contributed by atoms with Crippen molar-refractivity contribution in [2.24, 2.45) is 0 Å². The number of hydrogen-bond acceptors (Lipinski definition) is 3. The van der Waals surface area contributed by atoms with Gasteiger partial charge in [-0.1, -0.05) is 12.2 Å². The van der Waals surface area contributed by atoms with Crippen molar-refractivity contribution in [3.63, 3.8) is 0 Å². The molecule has 0 bridgehead atoms. The van der Waals surface area contributed by atoms with Gasteiger partial charge in [0.15, 0.2) is 10.3 Å². The van der Waals surface area contributed by atoms with Gasteiger partial charge in [-0.3, -0.25) is 0 Å². The first-order valence-corrected chi connectivity index (χ1v) is 4.35. The normalized spacial score (nSPS) is 12.2. The number of imidazole rings is 1. The molecule has 0 fully saturated rings. The number of alkyl halides is 3. The Kier molecular flexibility index (Phi) is 2.22. The molecule has 2 rings (SSSR count). The first kappa shape index (κ1) is 10.1. The van der Waals surface area contributed by atoms with Gasteiger partial charge in [-0.2, -0.15) is 13.2 Å². The Morgan fingerprint density at radius 3 is 2.73 bits per heavy atom. The number of halogens is 3. The molecular weight excluding hydrogens is 229 g/mol. The summed E-state index contributed by atoms with van der Waals surface area (Å²) in [7, 11) is 0. The van der Waals surface area contributed by atoms with Gasteiger partial charge in [0, 0.05) is 0 Å². The van der Waals surface area contributed by atoms with Crippen LogP contribution in [-0.4, -0.2) is 26.1 Å². The summed E-state index contributed by atoms with van der Waals surface area (Å²) in [5, 5.41) is 0. The molecule has 0 amide bonds. The lowest BCUT2D eigenvalue weighted by atomic mass is 10.4. The van der Waals surface area contributed by atoms with E-state index < -0.39 is 12.6 Å². The average molecular weight is 234 g/mol. The van der Waals surface area contributed by atoms with E-state index in [0.717, 1.165) is 0 Å². The van der Waals surface area contributed by atoms with Crippen molar-refractivity contribution in [1.82, 2.24) is 19.9 Å². The van der Waals surface area contributed by atoms with Crippen molar-refractivity contribution >= 4 is 23.4 Å². The molecule has 0 aliphatic heterocycles. The van der Waals surface area contributed by atoms with Crippen LogP contribution in [-0.2, 0) is 6.42 Å². The SMILES string of the molecule is FC(F)(F)Cc1nc2[nH]cnc(=S)c2[nH]1. The summed E-state index contributed by atoms with van der Waals surface area (Å²) in [6.45, 7) is 0. The minimum Gasteiger partial charge on any atom is -0.338 e. The Balaban J connectivity index is 2.48. The molecule has 2 aromatic rings. The van der Waals surface area contributed by atoms with Crippen LogP contribution in [0.1, 0.15) is 5.82 Å². The van der Waals surface area contributed by atoms with Crippen molar-refractivity contribution in [3.8, 4) is 0 Å². The number of aromatic nitrogens is 4. The van der Waals surface area contributed by atoms with Crippen LogP contribution >= 0.6 is 12.2 Å². The largest absolute Gasteiger partial charge is 0.396 e. The second kappa shape index (κ2) is 3.30. The molecule has 0 atom stereocenters. The molecule has 0 aromatic carbocycles. The van der Waals surface area contributed by atoms with Crippen molar-refractivity contribution < 1.29 is 13.2 Å². The van der Waals surface area contributed by atoms with Crippen LogP contribution in [0.2, 0.25) is 0 Å². The van der Waals surface area contributed by atoms with Crippen LogP contribution in [0.3, 0.4) is 0 Å². The highest BCUT2D eigenvalue weighted by molar-refractivity contribution is 7.71. The minimum absolute atomic E-state index is 0.173. The molecule has 0 saturated heterocycles. The molecular formula is C7H5F3N4S. The highest BCUT2D eigenvalue weighted by Gasteiger charge is 2.29. The lowest BCUT2D eigenvalue weighted by Crippen LogP contribution is -2.12. The summed E-state index contributed by atoms with van der Waals surface area (Å²) < 4.78 is 36.4. The molecule has 4 nitrogen and oxygen atoms in total. The van der Waals surface area contributed by atoms with Gasteiger partial charge in [-0.05, 0) is 0 Å². The maximum Gasteiger partial charge on any atom is 0.396 e. The number of fused-ring (bicyclic) bond motifs is 1. The third-order valence-electron chi connectivity index (χ3n) is 1.72. The third kappa shape index (κ3) is 2.14. The molecule has 15 heavy (non-hydrogen) atoms. The van der Waals surface area contributed by atoms with E-state index in [4.69, 9.17) is 12.2 Å². The Morgan fingerprint density at radius 1 is 1.40 bits per heavy atom. The fraction of sp³-hybridized carbons (Fsp3) is 0.286. The fourth-order valence-electron chi connectivity index (χ4n) is 1.17. The lowest BCUT2D eigenvalue weighted by molar-refractivity contribution is -0.128. The van der Waals surface area contributed by atoms with E-state index in [-0.39, 0.29) is 16.1 Å². The quantitative estimate of drug-likeness (QED) is 0.743. The van der Waals surface area contributed by atoms with E-state index in [1.807, 2.05) is 0 Å². The topological polar surface area (TPSA) is 57.4 Å². The average Bonchev–Trinajstić information content (AvgIpc) is 2.45. The Labute approximate surface area is 86.6 Å². The van der Waals surface area contributed by atoms with E-state index in [0.29, 0.717) is 5.52 Å². The van der Waals surface area contributed by atoms with Gasteiger partial charge in [0.2, 0.25) is 0 Å². The van der Waals surface area contributed by atoms with E-state index >= 15 is 0 Å². The van der Waals surface area contributed by atoms with Crippen molar-refractivity contribution in [2.45, 2.75) is 12.6 Å². The molecule has 8 heteroatoms. The summed E-state index contributed by atoms with van der Waals surface area (Å²) in [5.41, 5.74) is 0.612. The molecule has 80 valence electrons. The van der Waals surface area contributed by atoms with Crippen LogP contribution in [0.15, 0.2) is 6.33 Å². The Bertz CT molecular complexity index is 541. The van der Waals surface area contributed by atoms with Crippen molar-refractivity contribution in [1.29, 1.82) is 0 Å². The van der Waals surface area contributed by atoms with Crippen LogP contribution in [0, 0.1) is 4.64 Å². The smallest absolute Gasteiger partial charge is 0.338 e. The number of rotatable bonds is 1. The number of hydrogen-bond donors (Lipinski definition) is 2. The predicted molar refractivity (Wildman–Crippen MR) is 48.8 cm³/mol. The number of H-pyrrole nitrogens is 2. The van der Waals surface area contributed by atoms with Crippen LogP contribution in [0.5, 0.6) is 0 Å². The molecule has 0 spiro atoms. The molecule has 0 unspecified atom stereocenters. The van der Waals surface area contributed by atoms with Gasteiger partial charge in [0.25, 0.3) is 0 Å². The first-order chi connectivity index (χ1) is 6.96. The van der Waals surface area contributed by atoms with Crippen LogP contribution in [0.4, 0.5) is 13.2 Å². The van der Waals surface area contributed by atoms with E-state index in [9.17, 15) is 13.2 Å². The number of aromatic amines is 2. The highest BCUT2D eigenvalue weighted by Crippen LogP contribution is 2.20. The van der Waals surface area contributed by atoms with Crippen LogP contribution in [0.25, 0.3) is 11.2 Å². The highest BCUT2D eigenvalue weighted by atomic mass is 32.1. The summed E-state index contributed by atoms with van der Waals surface area (Å²) in [6, 6.07) is 0. The second-order valence-electron chi connectivity index (χ2n) is 2.91. The molecule has 2 N–H and O–H groups in total. The van der Waals surface area contributed by atoms with Gasteiger partial charge in [0.1, 0.15) is 17.8 Å². The summed E-state index contributed by atoms with van der Waals surface area (Å²) in [6.07, 6.45) is -4.10. The molecule has 0 saturated carbocycles. The van der Waals surface area contributed by atoms with E-state index in [2.05, 4.69) is 19.9 Å². The maximum atomic E-state index is 12.1. The fourth-order valence-corrected chi connectivity index (χ4v) is 1.37. The Morgan fingerprint density at radius 2 is 2.13 bits per heavy atom. The monoisotopic (exact) mass is 234 g/mol. The maximum absolute atomic E-state index is 12.1. The van der Waals surface area contributed by atoms with Crippen LogP contribution < -0.4 is 0 Å². The molecule has 0 aliphatic rings. The second-order valence-corrected chi connectivity index (χ2v) is 3.29. The van der Waals surface area contributed by atoms with Gasteiger partial charge >= 0.3 is 6.18 Å². The third-order valence-corrected chi connectivity index (χ3v) is 2.03. The molecule has 2 heterocycles. The van der Waals surface area contributed by atoms with Gasteiger partial charge in [-0.25, -0.2) is 9.97 Å². The number of nitrogens with one attached hydrogen (secondary N) is 2. The molecule has 0 aliphatic carbocycles. The summed E-state index contributed by atoms with van der Waals surface area (Å²) in [5.74, 6) is -0.173. The minimum atomic E-state index is -4.29. The van der Waals surface area contributed by atoms with E-state index in [1.54, 1.807) is 0 Å². The van der Waals surface area contributed by atoms with Crippen molar-refractivity contribution in [3.05, 3.63) is 16.8 Å². The van der Waals surface area contributed by atoms with Gasteiger partial charge < -0.3 is 9.97 Å². The molecule has 0 radical (unpaired) electrons. The van der Waals surface area contributed by atoms with Gasteiger partial charge in [0.05, 0.1) is 6.33 Å².